The monoisotopic (exact) mass is 528 g/mol. The number of carbonyl (C=O) groups excluding carboxylic acids is 1. The van der Waals surface area contributed by atoms with Gasteiger partial charge in [0.15, 0.2) is 0 Å². The summed E-state index contributed by atoms with van der Waals surface area (Å²) >= 11 is 0. The van der Waals surface area contributed by atoms with Crippen LogP contribution in [0.3, 0.4) is 0 Å². The number of aromatic nitrogens is 2. The van der Waals surface area contributed by atoms with Crippen LogP contribution in [0.1, 0.15) is 22.3 Å². The van der Waals surface area contributed by atoms with Gasteiger partial charge in [-0.3, -0.25) is 14.7 Å². The van der Waals surface area contributed by atoms with Gasteiger partial charge in [0.2, 0.25) is 0 Å². The molecule has 0 bridgehead atoms. The van der Waals surface area contributed by atoms with E-state index in [0.717, 1.165) is 42.7 Å². The van der Waals surface area contributed by atoms with E-state index < -0.39 is 0 Å². The Morgan fingerprint density at radius 2 is 1.89 bits per heavy atom. The number of pyridine rings is 2. The number of hydrogen-bond acceptors (Lipinski definition) is 8. The fourth-order valence-corrected chi connectivity index (χ4v) is 3.63. The molecule has 0 radical (unpaired) electrons. The van der Waals surface area contributed by atoms with Crippen LogP contribution in [0.25, 0.3) is 10.9 Å². The Morgan fingerprint density at radius 3 is 2.57 bits per heavy atom. The van der Waals surface area contributed by atoms with Gasteiger partial charge in [0.1, 0.15) is 12.0 Å². The van der Waals surface area contributed by atoms with Crippen LogP contribution >= 0.6 is 12.4 Å². The average Bonchev–Trinajstić information content (AvgIpc) is 3.45. The van der Waals surface area contributed by atoms with E-state index in [-0.39, 0.29) is 23.9 Å². The lowest BCUT2D eigenvalue weighted by atomic mass is 10.2. The van der Waals surface area contributed by atoms with Gasteiger partial charge in [0, 0.05) is 57.1 Å². The number of hydrogen-bond donors (Lipinski definition) is 1. The van der Waals surface area contributed by atoms with Crippen LogP contribution in [0, 0.1) is 0 Å². The number of fused-ring (bicyclic) bond motifs is 1. The fraction of sp³-hybridized carbons (Fsp3) is 0.296. The van der Waals surface area contributed by atoms with Gasteiger partial charge in [-0.1, -0.05) is 0 Å². The summed E-state index contributed by atoms with van der Waals surface area (Å²) in [5.74, 6) is 0.449. The minimum atomic E-state index is -0.372. The highest BCUT2D eigenvalue weighted by Gasteiger charge is 2.06. The van der Waals surface area contributed by atoms with Crippen LogP contribution in [0.2, 0.25) is 0 Å². The fourth-order valence-electron chi connectivity index (χ4n) is 3.63. The first-order valence-electron chi connectivity index (χ1n) is 11.7. The zero-order valence-electron chi connectivity index (χ0n) is 21.0. The van der Waals surface area contributed by atoms with Crippen LogP contribution in [0.5, 0.6) is 5.75 Å². The van der Waals surface area contributed by atoms with Crippen LogP contribution in [-0.4, -0.2) is 53.8 Å². The van der Waals surface area contributed by atoms with Gasteiger partial charge in [-0.25, -0.2) is 4.79 Å². The van der Waals surface area contributed by atoms with Crippen LogP contribution in [0.15, 0.2) is 82.7 Å². The summed E-state index contributed by atoms with van der Waals surface area (Å²) in [4.78, 5) is 28.7. The second-order valence-corrected chi connectivity index (χ2v) is 8.08. The summed E-state index contributed by atoms with van der Waals surface area (Å²) in [5, 5.41) is 0.997. The zero-order chi connectivity index (χ0) is 25.8. The molecule has 0 atom stereocenters. The standard InChI is InChI=1S/C21H26N4O2.C6H6O3.ClH/c1-24-20-5-4-19(15-18(20)3-6-21(24)26)27-14-2-12-25(13-9-22)16-17-7-10-23-11-8-17;1-8-6(7)5-2-3-9-4-5;/h3-8,10-11,15H,2,9,12-14,16,22H2,1H3;2-4H,1H3;1H. The Morgan fingerprint density at radius 1 is 1.11 bits per heavy atom. The maximum absolute atomic E-state index is 11.7. The van der Waals surface area contributed by atoms with Gasteiger partial charge in [-0.15, -0.1) is 12.4 Å². The summed E-state index contributed by atoms with van der Waals surface area (Å²) < 4.78 is 16.6. The van der Waals surface area contributed by atoms with Gasteiger partial charge >= 0.3 is 5.97 Å². The van der Waals surface area contributed by atoms with Crippen molar-refractivity contribution in [2.75, 3.05) is 33.4 Å². The van der Waals surface area contributed by atoms with E-state index >= 15 is 0 Å². The van der Waals surface area contributed by atoms with E-state index in [2.05, 4.69) is 19.0 Å². The van der Waals surface area contributed by atoms with E-state index in [1.54, 1.807) is 23.7 Å². The highest BCUT2D eigenvalue weighted by molar-refractivity contribution is 5.88. The predicted octanol–water partition coefficient (Wildman–Crippen LogP) is 3.65. The molecule has 3 heterocycles. The molecule has 0 aliphatic carbocycles. The summed E-state index contributed by atoms with van der Waals surface area (Å²) in [6, 6.07) is 14.8. The van der Waals surface area contributed by atoms with Crippen molar-refractivity contribution in [3.63, 3.8) is 0 Å². The van der Waals surface area contributed by atoms with E-state index in [1.807, 2.05) is 48.8 Å². The number of nitrogens with two attached hydrogens (primary N) is 1. The number of methoxy groups -OCH3 is 1. The van der Waals surface area contributed by atoms with E-state index in [9.17, 15) is 9.59 Å². The van der Waals surface area contributed by atoms with Crippen LogP contribution in [0.4, 0.5) is 0 Å². The number of benzene rings is 1. The van der Waals surface area contributed by atoms with Gasteiger partial charge in [-0.05, 0) is 54.4 Å². The summed E-state index contributed by atoms with van der Waals surface area (Å²) in [6.07, 6.45) is 7.30. The number of aryl methyl sites for hydroxylation is 1. The molecule has 10 heteroatoms. The van der Waals surface area contributed by atoms with Crippen LogP contribution < -0.4 is 16.0 Å². The van der Waals surface area contributed by atoms with Crippen LogP contribution in [-0.2, 0) is 18.3 Å². The Bertz CT molecular complexity index is 1280. The molecule has 0 saturated carbocycles. The van der Waals surface area contributed by atoms with Crippen molar-refractivity contribution in [3.8, 4) is 5.75 Å². The molecule has 37 heavy (non-hydrogen) atoms. The van der Waals surface area contributed by atoms with E-state index in [1.165, 1.54) is 25.2 Å². The molecule has 2 N–H and O–H groups in total. The maximum Gasteiger partial charge on any atom is 0.341 e. The van der Waals surface area contributed by atoms with Gasteiger partial charge < -0.3 is 24.2 Å². The Kier molecular flexibility index (Phi) is 12.3. The largest absolute Gasteiger partial charge is 0.494 e. The van der Waals surface area contributed by atoms with Crippen molar-refractivity contribution in [3.05, 3.63) is 94.9 Å². The third kappa shape index (κ3) is 9.05. The molecule has 0 aliphatic rings. The molecule has 4 rings (SSSR count). The quantitative estimate of drug-likeness (QED) is 0.245. The topological polar surface area (TPSA) is 113 Å². The first-order chi connectivity index (χ1) is 17.5. The first kappa shape index (κ1) is 29.6. The molecule has 9 nitrogen and oxygen atoms in total. The summed E-state index contributed by atoms with van der Waals surface area (Å²) in [6.45, 7) is 3.90. The molecule has 0 aliphatic heterocycles. The lowest BCUT2D eigenvalue weighted by molar-refractivity contribution is 0.0600. The molecule has 0 spiro atoms. The minimum absolute atomic E-state index is 0. The van der Waals surface area contributed by atoms with Crippen molar-refractivity contribution >= 4 is 29.3 Å². The number of esters is 1. The van der Waals surface area contributed by atoms with Crippen molar-refractivity contribution in [1.82, 2.24) is 14.5 Å². The molecule has 0 fully saturated rings. The molecule has 198 valence electrons. The molecule has 1 aromatic carbocycles. The number of rotatable bonds is 10. The van der Waals surface area contributed by atoms with Crippen molar-refractivity contribution in [1.29, 1.82) is 0 Å². The number of halogens is 1. The number of carbonyl (C=O) groups is 1. The second kappa shape index (κ2) is 15.5. The molecule has 0 amide bonds. The Labute approximate surface area is 222 Å². The van der Waals surface area contributed by atoms with E-state index in [0.29, 0.717) is 18.7 Å². The molecule has 0 saturated heterocycles. The average molecular weight is 529 g/mol. The maximum atomic E-state index is 11.7. The van der Waals surface area contributed by atoms with Gasteiger partial charge in [-0.2, -0.15) is 0 Å². The number of ether oxygens (including phenoxy) is 2. The molecular formula is C27H33ClN4O5. The van der Waals surface area contributed by atoms with Gasteiger partial charge in [0.05, 0.1) is 31.1 Å². The van der Waals surface area contributed by atoms with E-state index in [4.69, 9.17) is 10.5 Å². The highest BCUT2D eigenvalue weighted by atomic mass is 35.5. The minimum Gasteiger partial charge on any atom is -0.494 e. The smallest absolute Gasteiger partial charge is 0.341 e. The lowest BCUT2D eigenvalue weighted by Gasteiger charge is -2.21. The molecular weight excluding hydrogens is 496 g/mol. The lowest BCUT2D eigenvalue weighted by Crippen LogP contribution is -2.30. The number of furan rings is 1. The summed E-state index contributed by atoms with van der Waals surface area (Å²) in [7, 11) is 3.11. The van der Waals surface area contributed by atoms with Crippen molar-refractivity contribution in [2.24, 2.45) is 12.8 Å². The first-order valence-corrected chi connectivity index (χ1v) is 11.7. The highest BCUT2D eigenvalue weighted by Crippen LogP contribution is 2.19. The zero-order valence-corrected chi connectivity index (χ0v) is 21.9. The third-order valence-electron chi connectivity index (χ3n) is 5.53. The summed E-state index contributed by atoms with van der Waals surface area (Å²) in [5.41, 5.74) is 8.32. The third-order valence-corrected chi connectivity index (χ3v) is 5.53. The van der Waals surface area contributed by atoms with Crippen molar-refractivity contribution < 1.29 is 18.7 Å². The number of nitrogens with zero attached hydrogens (tertiary/aromatic N) is 3. The van der Waals surface area contributed by atoms with Gasteiger partial charge in [0.25, 0.3) is 5.56 Å². The van der Waals surface area contributed by atoms with Crippen molar-refractivity contribution in [2.45, 2.75) is 13.0 Å². The Balaban J connectivity index is 0.000000408. The Hall–Kier alpha value is -3.66. The molecule has 4 aromatic rings. The second-order valence-electron chi connectivity index (χ2n) is 8.08. The predicted molar refractivity (Wildman–Crippen MR) is 145 cm³/mol. The normalized spacial score (nSPS) is 10.4. The molecule has 3 aromatic heterocycles. The SMILES string of the molecule is COC(=O)c1ccoc1.Cl.Cn1c(=O)ccc2cc(OCCCN(CCN)Cc3ccncc3)ccc21. The molecule has 0 unspecified atom stereocenters.